The Hall–Kier alpha value is -1.42. The van der Waals surface area contributed by atoms with Gasteiger partial charge >= 0.3 is 0 Å². The van der Waals surface area contributed by atoms with E-state index in [1.54, 1.807) is 6.92 Å². The molecule has 1 aromatic rings. The molecule has 0 heterocycles. The molecule has 0 aliphatic carbocycles. The molecule has 0 aliphatic heterocycles. The average Bonchev–Trinajstić information content (AvgIpc) is 2.42. The number of halogens is 1. The van der Waals surface area contributed by atoms with E-state index in [1.165, 1.54) is 16.4 Å². The summed E-state index contributed by atoms with van der Waals surface area (Å²) in [4.78, 5) is -0.0548. The Morgan fingerprint density at radius 2 is 2.05 bits per heavy atom. The molecule has 0 atom stereocenters. The first-order chi connectivity index (χ1) is 9.82. The smallest absolute Gasteiger partial charge is 0.243 e. The molecular formula is C15H21FN2O2S. The standard InChI is InChI=1S/C15H21FN2O2S/c1-4-18(11-12(2)3)21(19,20)14-8-7-13(6-5-9-17)15(16)10-14/h7-8,10,12H,4,9,11,17H2,1-3H3. The van der Waals surface area contributed by atoms with E-state index in [2.05, 4.69) is 11.8 Å². The molecule has 6 heteroatoms. The predicted molar refractivity (Wildman–Crippen MR) is 81.6 cm³/mol. The van der Waals surface area contributed by atoms with Gasteiger partial charge in [0.05, 0.1) is 17.0 Å². The number of nitrogens with zero attached hydrogens (tertiary/aromatic N) is 1. The highest BCUT2D eigenvalue weighted by Crippen LogP contribution is 2.19. The number of sulfonamides is 1. The molecule has 4 nitrogen and oxygen atoms in total. The Bertz CT molecular complexity index is 645. The highest BCUT2D eigenvalue weighted by Gasteiger charge is 2.24. The van der Waals surface area contributed by atoms with Crippen LogP contribution in [0.2, 0.25) is 0 Å². The summed E-state index contributed by atoms with van der Waals surface area (Å²) in [6, 6.07) is 3.76. The zero-order valence-corrected chi connectivity index (χ0v) is 13.4. The van der Waals surface area contributed by atoms with Gasteiger partial charge < -0.3 is 5.73 Å². The van der Waals surface area contributed by atoms with Crippen molar-refractivity contribution in [2.75, 3.05) is 19.6 Å². The summed E-state index contributed by atoms with van der Waals surface area (Å²) >= 11 is 0. The van der Waals surface area contributed by atoms with Gasteiger partial charge in [-0.15, -0.1) is 0 Å². The van der Waals surface area contributed by atoms with Gasteiger partial charge in [-0.05, 0) is 24.1 Å². The fraction of sp³-hybridized carbons (Fsp3) is 0.467. The van der Waals surface area contributed by atoms with Gasteiger partial charge in [0.1, 0.15) is 5.82 Å². The Morgan fingerprint density at radius 1 is 1.38 bits per heavy atom. The van der Waals surface area contributed by atoms with Crippen LogP contribution in [0.25, 0.3) is 0 Å². The van der Waals surface area contributed by atoms with E-state index in [-0.39, 0.29) is 22.9 Å². The van der Waals surface area contributed by atoms with Crippen LogP contribution < -0.4 is 5.73 Å². The van der Waals surface area contributed by atoms with E-state index < -0.39 is 15.8 Å². The van der Waals surface area contributed by atoms with Crippen molar-refractivity contribution in [2.45, 2.75) is 25.7 Å². The zero-order valence-electron chi connectivity index (χ0n) is 12.6. The maximum absolute atomic E-state index is 13.9. The lowest BCUT2D eigenvalue weighted by atomic mass is 10.2. The van der Waals surface area contributed by atoms with E-state index in [0.29, 0.717) is 13.1 Å². The topological polar surface area (TPSA) is 63.4 Å². The van der Waals surface area contributed by atoms with Gasteiger partial charge in [0.2, 0.25) is 10.0 Å². The van der Waals surface area contributed by atoms with Crippen LogP contribution in [0, 0.1) is 23.6 Å². The largest absolute Gasteiger partial charge is 0.320 e. The van der Waals surface area contributed by atoms with Crippen LogP contribution in [0.15, 0.2) is 23.1 Å². The molecule has 0 saturated carbocycles. The van der Waals surface area contributed by atoms with Gasteiger partial charge in [-0.3, -0.25) is 0 Å². The minimum atomic E-state index is -3.69. The molecule has 2 N–H and O–H groups in total. The third-order valence-electron chi connectivity index (χ3n) is 2.82. The minimum absolute atomic E-state index is 0.0548. The zero-order chi connectivity index (χ0) is 16.0. The molecule has 0 fully saturated rings. The molecule has 0 saturated heterocycles. The van der Waals surface area contributed by atoms with E-state index in [0.717, 1.165) is 6.07 Å². The summed E-state index contributed by atoms with van der Waals surface area (Å²) in [6.45, 7) is 6.50. The molecule has 116 valence electrons. The van der Waals surface area contributed by atoms with Gasteiger partial charge in [0.15, 0.2) is 0 Å². The molecular weight excluding hydrogens is 291 g/mol. The van der Waals surface area contributed by atoms with Crippen LogP contribution in [0.1, 0.15) is 26.3 Å². The highest BCUT2D eigenvalue weighted by atomic mass is 32.2. The maximum atomic E-state index is 13.9. The van der Waals surface area contributed by atoms with Crippen LogP contribution in [-0.4, -0.2) is 32.4 Å². The minimum Gasteiger partial charge on any atom is -0.320 e. The van der Waals surface area contributed by atoms with Crippen molar-refractivity contribution >= 4 is 10.0 Å². The van der Waals surface area contributed by atoms with Crippen molar-refractivity contribution in [1.29, 1.82) is 0 Å². The van der Waals surface area contributed by atoms with Gasteiger partial charge in [-0.25, -0.2) is 12.8 Å². The molecule has 0 unspecified atom stereocenters. The predicted octanol–water partition coefficient (Wildman–Crippen LogP) is 1.80. The van der Waals surface area contributed by atoms with E-state index in [1.807, 2.05) is 13.8 Å². The van der Waals surface area contributed by atoms with E-state index in [9.17, 15) is 12.8 Å². The summed E-state index contributed by atoms with van der Waals surface area (Å²) in [5, 5.41) is 0. The Kier molecular flexibility index (Phi) is 6.34. The molecule has 0 radical (unpaired) electrons. The molecule has 1 rings (SSSR count). The van der Waals surface area contributed by atoms with Crippen LogP contribution in [0.5, 0.6) is 0 Å². The lowest BCUT2D eigenvalue weighted by molar-refractivity contribution is 0.380. The summed E-state index contributed by atoms with van der Waals surface area (Å²) < 4.78 is 40.2. The lowest BCUT2D eigenvalue weighted by Gasteiger charge is -2.22. The third kappa shape index (κ3) is 4.53. The van der Waals surface area contributed by atoms with E-state index >= 15 is 0 Å². The van der Waals surface area contributed by atoms with Crippen molar-refractivity contribution < 1.29 is 12.8 Å². The highest BCUT2D eigenvalue weighted by molar-refractivity contribution is 7.89. The van der Waals surface area contributed by atoms with Crippen molar-refractivity contribution in [3.63, 3.8) is 0 Å². The van der Waals surface area contributed by atoms with Gasteiger partial charge in [0.25, 0.3) is 0 Å². The first kappa shape index (κ1) is 17.6. The molecule has 1 aromatic carbocycles. The summed E-state index contributed by atoms with van der Waals surface area (Å²) in [7, 11) is -3.69. The quantitative estimate of drug-likeness (QED) is 0.843. The Labute approximate surface area is 126 Å². The van der Waals surface area contributed by atoms with Crippen LogP contribution in [0.3, 0.4) is 0 Å². The molecule has 21 heavy (non-hydrogen) atoms. The van der Waals surface area contributed by atoms with Crippen molar-refractivity contribution in [2.24, 2.45) is 11.7 Å². The Balaban J connectivity index is 3.17. The van der Waals surface area contributed by atoms with Gasteiger partial charge in [0, 0.05) is 13.1 Å². The maximum Gasteiger partial charge on any atom is 0.243 e. The SMILES string of the molecule is CCN(CC(C)C)S(=O)(=O)c1ccc(C#CCN)c(F)c1. The molecule has 0 bridgehead atoms. The number of hydrogen-bond donors (Lipinski definition) is 1. The normalized spacial score (nSPS) is 11.6. The molecule has 0 amide bonds. The first-order valence-corrected chi connectivity index (χ1v) is 8.25. The van der Waals surface area contributed by atoms with Gasteiger partial charge in [-0.2, -0.15) is 4.31 Å². The number of rotatable bonds is 5. The second-order valence-corrected chi connectivity index (χ2v) is 6.94. The fourth-order valence-corrected chi connectivity index (χ4v) is 3.48. The third-order valence-corrected chi connectivity index (χ3v) is 4.76. The fourth-order valence-electron chi connectivity index (χ4n) is 1.86. The second kappa shape index (κ2) is 7.55. The van der Waals surface area contributed by atoms with Crippen molar-refractivity contribution in [3.05, 3.63) is 29.6 Å². The number of hydrogen-bond acceptors (Lipinski definition) is 3. The van der Waals surface area contributed by atoms with E-state index in [4.69, 9.17) is 5.73 Å². The second-order valence-electron chi connectivity index (χ2n) is 5.00. The van der Waals surface area contributed by atoms with Crippen LogP contribution in [0.4, 0.5) is 4.39 Å². The summed E-state index contributed by atoms with van der Waals surface area (Å²) in [5.41, 5.74) is 5.38. The average molecular weight is 312 g/mol. The molecule has 0 aromatic heterocycles. The Morgan fingerprint density at radius 3 is 2.52 bits per heavy atom. The van der Waals surface area contributed by atoms with Crippen molar-refractivity contribution in [3.8, 4) is 11.8 Å². The summed E-state index contributed by atoms with van der Waals surface area (Å²) in [6.07, 6.45) is 0. The van der Waals surface area contributed by atoms with Gasteiger partial charge in [-0.1, -0.05) is 32.6 Å². The number of benzene rings is 1. The van der Waals surface area contributed by atoms with Crippen LogP contribution >= 0.6 is 0 Å². The summed E-state index contributed by atoms with van der Waals surface area (Å²) in [5.74, 6) is 4.65. The van der Waals surface area contributed by atoms with Crippen LogP contribution in [-0.2, 0) is 10.0 Å². The lowest BCUT2D eigenvalue weighted by Crippen LogP contribution is -2.34. The molecule has 0 spiro atoms. The monoisotopic (exact) mass is 312 g/mol. The van der Waals surface area contributed by atoms with Crippen molar-refractivity contribution in [1.82, 2.24) is 4.31 Å². The number of nitrogens with two attached hydrogens (primary N) is 1. The molecule has 0 aliphatic rings. The first-order valence-electron chi connectivity index (χ1n) is 6.81.